The van der Waals surface area contributed by atoms with Crippen LogP contribution in [0.5, 0.6) is 0 Å². The number of nitrogens with zero attached hydrogens (tertiary/aromatic N) is 3. The van der Waals surface area contributed by atoms with Crippen LogP contribution >= 0.6 is 0 Å². The average molecular weight is 645 g/mol. The normalized spacial score (nSPS) is 21.4. The summed E-state index contributed by atoms with van der Waals surface area (Å²) >= 11 is 0. The molecule has 9 nitrogen and oxygen atoms in total. The Morgan fingerprint density at radius 1 is 0.875 bits per heavy atom. The van der Waals surface area contributed by atoms with Crippen molar-refractivity contribution in [3.63, 3.8) is 0 Å². The molecule has 0 aliphatic carbocycles. The number of hydrogen-bond donors (Lipinski definition) is 3. The van der Waals surface area contributed by atoms with Crippen LogP contribution in [-0.4, -0.2) is 62.8 Å². The van der Waals surface area contributed by atoms with Crippen molar-refractivity contribution in [3.8, 4) is 11.1 Å². The van der Waals surface area contributed by atoms with Crippen molar-refractivity contribution in [2.75, 3.05) is 19.7 Å². The maximum absolute atomic E-state index is 13.0. The second-order valence-corrected chi connectivity index (χ2v) is 12.5. The molecule has 48 heavy (non-hydrogen) atoms. The van der Waals surface area contributed by atoms with Crippen LogP contribution in [0.1, 0.15) is 64.4 Å². The lowest BCUT2D eigenvalue weighted by molar-refractivity contribution is -0.253. The summed E-state index contributed by atoms with van der Waals surface area (Å²) in [4.78, 5) is 24.2. The third-order valence-electron chi connectivity index (χ3n) is 9.39. The zero-order chi connectivity index (χ0) is 32.9. The van der Waals surface area contributed by atoms with Crippen molar-refractivity contribution in [1.29, 1.82) is 0 Å². The van der Waals surface area contributed by atoms with Gasteiger partial charge in [0.25, 0.3) is 5.91 Å². The van der Waals surface area contributed by atoms with Gasteiger partial charge >= 0.3 is 0 Å². The van der Waals surface area contributed by atoms with E-state index in [0.29, 0.717) is 18.5 Å². The van der Waals surface area contributed by atoms with Crippen molar-refractivity contribution in [3.05, 3.63) is 131 Å². The summed E-state index contributed by atoms with van der Waals surface area (Å²) in [7, 11) is 0. The number of ether oxygens (including phenoxy) is 2. The summed E-state index contributed by atoms with van der Waals surface area (Å²) in [6.45, 7) is 2.18. The third-order valence-corrected chi connectivity index (χ3v) is 9.39. The number of aromatic nitrogens is 2. The van der Waals surface area contributed by atoms with Gasteiger partial charge in [-0.2, -0.15) is 0 Å². The van der Waals surface area contributed by atoms with Gasteiger partial charge < -0.3 is 25.0 Å². The number of aliphatic hydroxyl groups is 2. The quantitative estimate of drug-likeness (QED) is 0.177. The summed E-state index contributed by atoms with van der Waals surface area (Å²) in [5, 5.41) is 22.5. The van der Waals surface area contributed by atoms with Gasteiger partial charge in [-0.1, -0.05) is 84.9 Å². The molecule has 2 fully saturated rings. The second-order valence-electron chi connectivity index (χ2n) is 12.5. The fraction of sp³-hybridized carbons (Fsp3) is 0.308. The van der Waals surface area contributed by atoms with Crippen molar-refractivity contribution in [2.24, 2.45) is 0 Å². The van der Waals surface area contributed by atoms with Gasteiger partial charge in [0.15, 0.2) is 6.29 Å². The number of nitrogens with one attached hydrogen (secondary N) is 1. The lowest BCUT2D eigenvalue weighted by Gasteiger charge is -2.38. The summed E-state index contributed by atoms with van der Waals surface area (Å²) < 4.78 is 13.2. The number of benzene rings is 4. The van der Waals surface area contributed by atoms with E-state index < -0.39 is 6.29 Å². The number of fused-ring (bicyclic) bond motifs is 1. The zero-order valence-electron chi connectivity index (χ0n) is 26.7. The highest BCUT2D eigenvalue weighted by Gasteiger charge is 2.35. The first-order chi connectivity index (χ1) is 23.6. The number of para-hydroxylation sites is 2. The molecular formula is C39H40N4O5. The molecule has 0 spiro atoms. The van der Waals surface area contributed by atoms with E-state index in [0.717, 1.165) is 64.8 Å². The molecule has 2 aliphatic heterocycles. The van der Waals surface area contributed by atoms with Crippen LogP contribution < -0.4 is 5.32 Å². The molecule has 0 radical (unpaired) electrons. The van der Waals surface area contributed by atoms with Crippen LogP contribution in [0.15, 0.2) is 103 Å². The fourth-order valence-electron chi connectivity index (χ4n) is 6.75. The maximum atomic E-state index is 13.0. The summed E-state index contributed by atoms with van der Waals surface area (Å²) in [5.41, 5.74) is 7.54. The van der Waals surface area contributed by atoms with E-state index in [4.69, 9.17) is 9.47 Å². The van der Waals surface area contributed by atoms with Gasteiger partial charge in [-0.3, -0.25) is 14.7 Å². The number of carbonyl (C=O) groups excluding carboxylic acids is 1. The van der Waals surface area contributed by atoms with Gasteiger partial charge in [0.05, 0.1) is 42.7 Å². The number of amides is 1. The molecule has 246 valence electrons. The lowest BCUT2D eigenvalue weighted by atomic mass is 9.97. The van der Waals surface area contributed by atoms with Crippen molar-refractivity contribution in [1.82, 2.24) is 20.2 Å². The molecule has 0 bridgehead atoms. The number of likely N-dealkylation sites (tertiary alicyclic amines) is 1. The summed E-state index contributed by atoms with van der Waals surface area (Å²) in [6, 6.07) is 31.8. The van der Waals surface area contributed by atoms with E-state index in [9.17, 15) is 15.0 Å². The Kier molecular flexibility index (Phi) is 9.83. The third kappa shape index (κ3) is 7.16. The first-order valence-corrected chi connectivity index (χ1v) is 16.6. The van der Waals surface area contributed by atoms with Crippen molar-refractivity contribution >= 4 is 16.9 Å². The standard InChI is InChI=1S/C39H40N4O5/c44-24-26-11-13-28(14-12-26)37-20-32(23-43-19-5-7-31(43)25-45)47-39(48-37)29-17-15-27(16-18-29)33-8-2-1-6-30(33)21-41-38(46)36-22-40-34-9-3-4-10-35(34)42-36/h1-4,6,8-18,22,31-32,37,39,44-45H,5,7,19-21,23-25H2,(H,41,46)/t31-,32-,37+,39+/m0/s1. The molecule has 5 aromatic rings. The zero-order valence-corrected chi connectivity index (χ0v) is 26.7. The Hall–Kier alpha value is -4.51. The highest BCUT2D eigenvalue weighted by Crippen LogP contribution is 2.39. The minimum Gasteiger partial charge on any atom is -0.395 e. The topological polar surface area (TPSA) is 117 Å². The Balaban J connectivity index is 1.07. The summed E-state index contributed by atoms with van der Waals surface area (Å²) in [6.07, 6.45) is 3.47. The highest BCUT2D eigenvalue weighted by atomic mass is 16.7. The van der Waals surface area contributed by atoms with Gasteiger partial charge in [-0.25, -0.2) is 4.98 Å². The molecule has 1 aromatic heterocycles. The number of rotatable bonds is 10. The molecule has 0 unspecified atom stereocenters. The molecule has 2 saturated heterocycles. The summed E-state index contributed by atoms with van der Waals surface area (Å²) in [5.74, 6) is -0.278. The molecule has 0 saturated carbocycles. The largest absolute Gasteiger partial charge is 0.395 e. The van der Waals surface area contributed by atoms with Crippen LogP contribution in [0.25, 0.3) is 22.2 Å². The van der Waals surface area contributed by atoms with Crippen molar-refractivity contribution < 1.29 is 24.5 Å². The monoisotopic (exact) mass is 644 g/mol. The first kappa shape index (κ1) is 32.1. The number of carbonyl (C=O) groups is 1. The molecular weight excluding hydrogens is 604 g/mol. The van der Waals surface area contributed by atoms with Crippen LogP contribution in [0.2, 0.25) is 0 Å². The molecule has 2 aliphatic rings. The predicted octanol–water partition coefficient (Wildman–Crippen LogP) is 5.72. The minimum absolute atomic E-state index is 0.00133. The predicted molar refractivity (Wildman–Crippen MR) is 183 cm³/mol. The van der Waals surface area contributed by atoms with Gasteiger partial charge in [-0.15, -0.1) is 0 Å². The first-order valence-electron chi connectivity index (χ1n) is 16.6. The fourth-order valence-corrected chi connectivity index (χ4v) is 6.75. The van der Waals surface area contributed by atoms with Gasteiger partial charge in [0.2, 0.25) is 0 Å². The van der Waals surface area contributed by atoms with Crippen LogP contribution in [0, 0.1) is 0 Å². The SMILES string of the molecule is O=C(NCc1ccccc1-c1ccc([C@@H]2O[C@H](CN3CCC[C@H]3CO)C[C@H](c3ccc(CO)cc3)O2)cc1)c1cnc2ccccc2n1. The Labute approximate surface area is 280 Å². The Morgan fingerprint density at radius 3 is 2.42 bits per heavy atom. The van der Waals surface area contributed by atoms with E-state index >= 15 is 0 Å². The highest BCUT2D eigenvalue weighted by molar-refractivity contribution is 5.93. The van der Waals surface area contributed by atoms with Crippen LogP contribution in [0.3, 0.4) is 0 Å². The Bertz CT molecular complexity index is 1850. The molecule has 3 N–H and O–H groups in total. The van der Waals surface area contributed by atoms with E-state index in [2.05, 4.69) is 38.4 Å². The van der Waals surface area contributed by atoms with E-state index in [1.165, 1.54) is 6.20 Å². The van der Waals surface area contributed by atoms with E-state index in [1.807, 2.05) is 78.9 Å². The molecule has 1 amide bonds. The van der Waals surface area contributed by atoms with Crippen molar-refractivity contribution in [2.45, 2.75) is 57.0 Å². The van der Waals surface area contributed by atoms with Crippen LogP contribution in [-0.2, 0) is 22.6 Å². The number of hydrogen-bond acceptors (Lipinski definition) is 8. The molecule has 7 rings (SSSR count). The molecule has 9 heteroatoms. The van der Waals surface area contributed by atoms with E-state index in [1.54, 1.807) is 0 Å². The average Bonchev–Trinajstić information content (AvgIpc) is 3.60. The second kappa shape index (κ2) is 14.7. The maximum Gasteiger partial charge on any atom is 0.271 e. The van der Waals surface area contributed by atoms with Gasteiger partial charge in [0.1, 0.15) is 5.69 Å². The smallest absolute Gasteiger partial charge is 0.271 e. The number of aliphatic hydroxyl groups excluding tert-OH is 2. The molecule has 4 aromatic carbocycles. The van der Waals surface area contributed by atoms with Gasteiger partial charge in [-0.05, 0) is 59.3 Å². The Morgan fingerprint density at radius 2 is 1.62 bits per heavy atom. The van der Waals surface area contributed by atoms with E-state index in [-0.39, 0.29) is 43.1 Å². The minimum atomic E-state index is -0.562. The lowest BCUT2D eigenvalue weighted by Crippen LogP contribution is -2.42. The molecule has 4 atom stereocenters. The van der Waals surface area contributed by atoms with Gasteiger partial charge in [0, 0.05) is 31.1 Å². The molecule has 3 heterocycles. The van der Waals surface area contributed by atoms with Crippen LogP contribution in [0.4, 0.5) is 0 Å².